The topological polar surface area (TPSA) is 38.7 Å². The lowest BCUT2D eigenvalue weighted by atomic mass is 9.80. The summed E-state index contributed by atoms with van der Waals surface area (Å²) >= 11 is 0. The van der Waals surface area contributed by atoms with E-state index in [0.717, 1.165) is 31.6 Å². The molecule has 0 spiro atoms. The molecule has 4 unspecified atom stereocenters. The number of fused-ring (bicyclic) bond motifs is 1. The van der Waals surface area contributed by atoms with Crippen LogP contribution in [0.15, 0.2) is 24.3 Å². The van der Waals surface area contributed by atoms with Crippen LogP contribution < -0.4 is 0 Å². The summed E-state index contributed by atoms with van der Waals surface area (Å²) in [6.07, 6.45) is 1.40. The average molecular weight is 262 g/mol. The van der Waals surface area contributed by atoms with Crippen LogP contribution in [0.25, 0.3) is 0 Å². The molecule has 1 aromatic carbocycles. The largest absolute Gasteiger partial charge is 0.386 e. The van der Waals surface area contributed by atoms with E-state index in [9.17, 15) is 5.11 Å². The molecule has 0 aromatic heterocycles. The van der Waals surface area contributed by atoms with E-state index in [4.69, 9.17) is 9.47 Å². The van der Waals surface area contributed by atoms with Crippen molar-refractivity contribution in [2.24, 2.45) is 5.92 Å². The van der Waals surface area contributed by atoms with E-state index in [1.807, 2.05) is 18.2 Å². The van der Waals surface area contributed by atoms with Gasteiger partial charge in [0.1, 0.15) is 6.10 Å². The third-order valence-electron chi connectivity index (χ3n) is 4.35. The molecule has 1 aliphatic carbocycles. The Balaban J connectivity index is 1.67. The number of hydrogen-bond donors (Lipinski definition) is 1. The normalized spacial score (nSPS) is 34.2. The van der Waals surface area contributed by atoms with Crippen LogP contribution in [-0.2, 0) is 9.47 Å². The Morgan fingerprint density at radius 3 is 2.84 bits per heavy atom. The van der Waals surface area contributed by atoms with Crippen molar-refractivity contribution < 1.29 is 14.6 Å². The molecule has 19 heavy (non-hydrogen) atoms. The molecule has 0 saturated carbocycles. The monoisotopic (exact) mass is 262 g/mol. The molecule has 3 nitrogen and oxygen atoms in total. The highest BCUT2D eigenvalue weighted by atomic mass is 16.5. The summed E-state index contributed by atoms with van der Waals surface area (Å²) in [7, 11) is 0. The Labute approximate surface area is 114 Å². The van der Waals surface area contributed by atoms with Gasteiger partial charge in [-0.3, -0.25) is 0 Å². The van der Waals surface area contributed by atoms with Crippen molar-refractivity contribution in [3.8, 4) is 0 Å². The maximum absolute atomic E-state index is 10.5. The first-order valence-corrected chi connectivity index (χ1v) is 7.22. The number of hydrogen-bond acceptors (Lipinski definition) is 3. The van der Waals surface area contributed by atoms with E-state index in [1.165, 1.54) is 5.56 Å². The Morgan fingerprint density at radius 1 is 1.32 bits per heavy atom. The molecule has 1 heterocycles. The molecule has 3 heteroatoms. The molecule has 104 valence electrons. The molecule has 1 saturated heterocycles. The second kappa shape index (κ2) is 5.61. The van der Waals surface area contributed by atoms with Gasteiger partial charge >= 0.3 is 0 Å². The quantitative estimate of drug-likeness (QED) is 0.910. The van der Waals surface area contributed by atoms with Gasteiger partial charge in [0.2, 0.25) is 0 Å². The van der Waals surface area contributed by atoms with Gasteiger partial charge in [0.15, 0.2) is 0 Å². The highest BCUT2D eigenvalue weighted by molar-refractivity contribution is 5.35. The number of aliphatic hydroxyl groups excluding tert-OH is 1. The molecule has 1 aromatic rings. The van der Waals surface area contributed by atoms with Crippen LogP contribution in [0.3, 0.4) is 0 Å². The van der Waals surface area contributed by atoms with E-state index >= 15 is 0 Å². The van der Waals surface area contributed by atoms with Crippen LogP contribution >= 0.6 is 0 Å². The number of rotatable bonds is 3. The van der Waals surface area contributed by atoms with Gasteiger partial charge in [-0.15, -0.1) is 0 Å². The summed E-state index contributed by atoms with van der Waals surface area (Å²) in [5.41, 5.74) is 2.30. The average Bonchev–Trinajstić information content (AvgIpc) is 2.95. The lowest BCUT2D eigenvalue weighted by molar-refractivity contribution is -0.0637. The summed E-state index contributed by atoms with van der Waals surface area (Å²) in [6.45, 7) is 4.56. The minimum absolute atomic E-state index is 0.0782. The molecule has 0 radical (unpaired) electrons. The van der Waals surface area contributed by atoms with Gasteiger partial charge in [-0.05, 0) is 29.9 Å². The van der Waals surface area contributed by atoms with Gasteiger partial charge in [-0.1, -0.05) is 31.2 Å². The molecule has 3 rings (SSSR count). The van der Waals surface area contributed by atoms with E-state index in [0.29, 0.717) is 18.4 Å². The summed E-state index contributed by atoms with van der Waals surface area (Å²) in [6, 6.07) is 8.16. The third kappa shape index (κ3) is 2.69. The minimum atomic E-state index is -0.491. The predicted molar refractivity (Wildman–Crippen MR) is 73.1 cm³/mol. The molecule has 1 N–H and O–H groups in total. The van der Waals surface area contributed by atoms with Gasteiger partial charge in [-0.2, -0.15) is 0 Å². The zero-order chi connectivity index (χ0) is 13.2. The third-order valence-corrected chi connectivity index (χ3v) is 4.35. The number of ether oxygens (including phenoxy) is 2. The Kier molecular flexibility index (Phi) is 3.87. The van der Waals surface area contributed by atoms with E-state index < -0.39 is 6.10 Å². The van der Waals surface area contributed by atoms with Crippen LogP contribution in [0.2, 0.25) is 0 Å². The molecular weight excluding hydrogens is 240 g/mol. The fourth-order valence-electron chi connectivity index (χ4n) is 3.17. The van der Waals surface area contributed by atoms with E-state index in [1.54, 1.807) is 0 Å². The van der Waals surface area contributed by atoms with Gasteiger partial charge in [-0.25, -0.2) is 0 Å². The van der Waals surface area contributed by atoms with Gasteiger partial charge in [0.05, 0.1) is 19.3 Å². The molecular formula is C16H22O3. The maximum Gasteiger partial charge on any atom is 0.105 e. The van der Waals surface area contributed by atoms with Crippen molar-refractivity contribution in [3.63, 3.8) is 0 Å². The van der Waals surface area contributed by atoms with E-state index in [-0.39, 0.29) is 6.10 Å². The van der Waals surface area contributed by atoms with Crippen LogP contribution in [0.1, 0.15) is 42.9 Å². The molecule has 4 atom stereocenters. The maximum atomic E-state index is 10.5. The summed E-state index contributed by atoms with van der Waals surface area (Å²) < 4.78 is 11.3. The predicted octanol–water partition coefficient (Wildman–Crippen LogP) is 2.65. The highest BCUT2D eigenvalue weighted by Crippen LogP contribution is 2.38. The SMILES string of the molecule is CC1CC(OCC2CCOC2)C(O)c2ccccc21. The number of aliphatic hydroxyl groups is 1. The van der Waals surface area contributed by atoms with Crippen LogP contribution in [0.4, 0.5) is 0 Å². The molecule has 0 amide bonds. The summed E-state index contributed by atoms with van der Waals surface area (Å²) in [4.78, 5) is 0. The fourth-order valence-corrected chi connectivity index (χ4v) is 3.17. The van der Waals surface area contributed by atoms with Crippen molar-refractivity contribution >= 4 is 0 Å². The van der Waals surface area contributed by atoms with Crippen molar-refractivity contribution in [1.82, 2.24) is 0 Å². The van der Waals surface area contributed by atoms with Crippen LogP contribution in [0, 0.1) is 5.92 Å². The number of benzene rings is 1. The lowest BCUT2D eigenvalue weighted by Crippen LogP contribution is -2.31. The second-order valence-corrected chi connectivity index (χ2v) is 5.81. The summed E-state index contributed by atoms with van der Waals surface area (Å²) in [5, 5.41) is 10.5. The zero-order valence-electron chi connectivity index (χ0n) is 11.4. The zero-order valence-corrected chi connectivity index (χ0v) is 11.4. The van der Waals surface area contributed by atoms with Crippen LogP contribution in [-0.4, -0.2) is 31.0 Å². The molecule has 1 fully saturated rings. The molecule has 0 bridgehead atoms. The standard InChI is InChI=1S/C16H22O3/c1-11-8-15(19-10-12-6-7-18-9-12)16(17)14-5-3-2-4-13(11)14/h2-5,11-12,15-17H,6-10H2,1H3. The Hall–Kier alpha value is -0.900. The minimum Gasteiger partial charge on any atom is -0.386 e. The smallest absolute Gasteiger partial charge is 0.105 e. The highest BCUT2D eigenvalue weighted by Gasteiger charge is 2.33. The molecule has 2 aliphatic rings. The first-order valence-electron chi connectivity index (χ1n) is 7.22. The van der Waals surface area contributed by atoms with E-state index in [2.05, 4.69) is 13.0 Å². The lowest BCUT2D eigenvalue weighted by Gasteiger charge is -2.34. The van der Waals surface area contributed by atoms with Crippen molar-refractivity contribution in [1.29, 1.82) is 0 Å². The van der Waals surface area contributed by atoms with Crippen LogP contribution in [0.5, 0.6) is 0 Å². The summed E-state index contributed by atoms with van der Waals surface area (Å²) in [5.74, 6) is 0.948. The van der Waals surface area contributed by atoms with Crippen molar-refractivity contribution in [2.75, 3.05) is 19.8 Å². The van der Waals surface area contributed by atoms with Crippen molar-refractivity contribution in [2.45, 2.75) is 37.9 Å². The van der Waals surface area contributed by atoms with Gasteiger partial charge in [0, 0.05) is 12.5 Å². The second-order valence-electron chi connectivity index (χ2n) is 5.81. The van der Waals surface area contributed by atoms with Gasteiger partial charge in [0.25, 0.3) is 0 Å². The Morgan fingerprint density at radius 2 is 2.11 bits per heavy atom. The van der Waals surface area contributed by atoms with Crippen molar-refractivity contribution in [3.05, 3.63) is 35.4 Å². The first-order chi connectivity index (χ1) is 9.25. The Bertz CT molecular complexity index is 426. The molecule has 1 aliphatic heterocycles. The first kappa shape index (κ1) is 13.1. The fraction of sp³-hybridized carbons (Fsp3) is 0.625. The van der Waals surface area contributed by atoms with Gasteiger partial charge < -0.3 is 14.6 Å².